The first-order valence-electron chi connectivity index (χ1n) is 6.41. The summed E-state index contributed by atoms with van der Waals surface area (Å²) in [4.78, 5) is 2.29. The number of nitrogens with zero attached hydrogens (tertiary/aromatic N) is 1. The first-order valence-corrected chi connectivity index (χ1v) is 6.41. The molecule has 92 valence electrons. The van der Waals surface area contributed by atoms with Crippen molar-refractivity contribution >= 4 is 11.4 Å². The van der Waals surface area contributed by atoms with Gasteiger partial charge in [-0.25, -0.2) is 0 Å². The number of rotatable bonds is 1. The van der Waals surface area contributed by atoms with Crippen LogP contribution >= 0.6 is 0 Å². The molecule has 3 rings (SSSR count). The van der Waals surface area contributed by atoms with Gasteiger partial charge in [-0.1, -0.05) is 23.8 Å². The van der Waals surface area contributed by atoms with Gasteiger partial charge in [0, 0.05) is 23.5 Å². The Kier molecular flexibility index (Phi) is 2.71. The Labute approximate surface area is 107 Å². The minimum atomic E-state index is 0.421. The Morgan fingerprint density at radius 3 is 2.61 bits per heavy atom. The van der Waals surface area contributed by atoms with Crippen molar-refractivity contribution < 1.29 is 5.11 Å². The zero-order chi connectivity index (χ0) is 12.5. The van der Waals surface area contributed by atoms with Crippen molar-refractivity contribution in [2.45, 2.75) is 19.8 Å². The van der Waals surface area contributed by atoms with E-state index in [1.165, 1.54) is 11.3 Å². The maximum atomic E-state index is 9.94. The number of aromatic hydroxyl groups is 1. The summed E-state index contributed by atoms with van der Waals surface area (Å²) in [6.07, 6.45) is 2.04. The van der Waals surface area contributed by atoms with Crippen molar-refractivity contribution in [2.75, 3.05) is 11.4 Å². The van der Waals surface area contributed by atoms with Gasteiger partial charge in [0.1, 0.15) is 5.75 Å². The van der Waals surface area contributed by atoms with E-state index in [4.69, 9.17) is 0 Å². The number of anilines is 2. The molecule has 0 amide bonds. The van der Waals surface area contributed by atoms with Gasteiger partial charge >= 0.3 is 0 Å². The van der Waals surface area contributed by atoms with Crippen LogP contribution in [0.4, 0.5) is 11.4 Å². The highest BCUT2D eigenvalue weighted by Gasteiger charge is 2.20. The average molecular weight is 239 g/mol. The molecule has 0 fully saturated rings. The zero-order valence-electron chi connectivity index (χ0n) is 10.6. The fourth-order valence-corrected chi connectivity index (χ4v) is 2.60. The SMILES string of the molecule is Cc1ccc(N2CCCc3c(O)cccc32)cc1. The molecule has 0 bridgehead atoms. The molecular weight excluding hydrogens is 222 g/mol. The predicted octanol–water partition coefficient (Wildman–Crippen LogP) is 3.78. The largest absolute Gasteiger partial charge is 0.508 e. The van der Waals surface area contributed by atoms with Gasteiger partial charge in [-0.15, -0.1) is 0 Å². The molecule has 0 atom stereocenters. The van der Waals surface area contributed by atoms with Crippen molar-refractivity contribution in [3.05, 3.63) is 53.6 Å². The number of phenolic OH excluding ortho intramolecular Hbond substituents is 1. The number of aryl methyl sites for hydroxylation is 1. The van der Waals surface area contributed by atoms with Gasteiger partial charge in [0.15, 0.2) is 0 Å². The number of hydrogen-bond acceptors (Lipinski definition) is 2. The van der Waals surface area contributed by atoms with Gasteiger partial charge in [-0.2, -0.15) is 0 Å². The number of phenols is 1. The van der Waals surface area contributed by atoms with Crippen LogP contribution in [0.5, 0.6) is 5.75 Å². The summed E-state index contributed by atoms with van der Waals surface area (Å²) in [6, 6.07) is 14.3. The lowest BCUT2D eigenvalue weighted by atomic mass is 10.00. The third-order valence-electron chi connectivity index (χ3n) is 3.57. The molecule has 0 saturated carbocycles. The maximum Gasteiger partial charge on any atom is 0.120 e. The monoisotopic (exact) mass is 239 g/mol. The molecule has 0 unspecified atom stereocenters. The summed E-state index contributed by atoms with van der Waals surface area (Å²) in [5, 5.41) is 9.94. The van der Waals surface area contributed by atoms with Gasteiger partial charge in [0.25, 0.3) is 0 Å². The van der Waals surface area contributed by atoms with E-state index >= 15 is 0 Å². The highest BCUT2D eigenvalue weighted by atomic mass is 16.3. The van der Waals surface area contributed by atoms with Crippen LogP contribution in [0.2, 0.25) is 0 Å². The number of hydrogen-bond donors (Lipinski definition) is 1. The van der Waals surface area contributed by atoms with Crippen LogP contribution in [-0.4, -0.2) is 11.7 Å². The summed E-state index contributed by atoms with van der Waals surface area (Å²) < 4.78 is 0. The summed E-state index contributed by atoms with van der Waals surface area (Å²) >= 11 is 0. The topological polar surface area (TPSA) is 23.5 Å². The standard InChI is InChI=1S/C16H17NO/c1-12-7-9-13(10-8-12)17-11-3-4-14-15(17)5-2-6-16(14)18/h2,5-10,18H,3-4,11H2,1H3. The van der Waals surface area contributed by atoms with Crippen LogP contribution in [-0.2, 0) is 6.42 Å². The molecule has 2 aromatic carbocycles. The Hall–Kier alpha value is -1.96. The van der Waals surface area contributed by atoms with Gasteiger partial charge in [0.05, 0.1) is 0 Å². The van der Waals surface area contributed by atoms with Crippen LogP contribution in [0.1, 0.15) is 17.5 Å². The quantitative estimate of drug-likeness (QED) is 0.818. The lowest BCUT2D eigenvalue weighted by Crippen LogP contribution is -2.24. The summed E-state index contributed by atoms with van der Waals surface area (Å²) in [7, 11) is 0. The second-order valence-electron chi connectivity index (χ2n) is 4.87. The van der Waals surface area contributed by atoms with E-state index in [2.05, 4.69) is 42.2 Å². The van der Waals surface area contributed by atoms with E-state index in [9.17, 15) is 5.11 Å². The van der Waals surface area contributed by atoms with Crippen molar-refractivity contribution in [3.63, 3.8) is 0 Å². The Bertz CT molecular complexity index is 560. The normalized spacial score (nSPS) is 14.4. The third kappa shape index (κ3) is 1.84. The van der Waals surface area contributed by atoms with Crippen molar-refractivity contribution in [2.24, 2.45) is 0 Å². The lowest BCUT2D eigenvalue weighted by molar-refractivity contribution is 0.465. The molecule has 0 aliphatic carbocycles. The van der Waals surface area contributed by atoms with E-state index in [1.54, 1.807) is 6.07 Å². The van der Waals surface area contributed by atoms with Crippen LogP contribution < -0.4 is 4.90 Å². The first kappa shape index (κ1) is 11.1. The second kappa shape index (κ2) is 4.37. The van der Waals surface area contributed by atoms with Gasteiger partial charge in [0.2, 0.25) is 0 Å². The van der Waals surface area contributed by atoms with Gasteiger partial charge in [-0.3, -0.25) is 0 Å². The smallest absolute Gasteiger partial charge is 0.120 e. The number of benzene rings is 2. The lowest BCUT2D eigenvalue weighted by Gasteiger charge is -2.31. The van der Waals surface area contributed by atoms with Crippen LogP contribution in [0.15, 0.2) is 42.5 Å². The molecule has 1 aliphatic rings. The molecule has 18 heavy (non-hydrogen) atoms. The van der Waals surface area contributed by atoms with Crippen molar-refractivity contribution in [1.29, 1.82) is 0 Å². The van der Waals surface area contributed by atoms with E-state index in [0.29, 0.717) is 5.75 Å². The molecule has 1 N–H and O–H groups in total. The predicted molar refractivity (Wildman–Crippen MR) is 74.6 cm³/mol. The second-order valence-corrected chi connectivity index (χ2v) is 4.87. The molecular formula is C16H17NO. The van der Waals surface area contributed by atoms with E-state index in [-0.39, 0.29) is 0 Å². The van der Waals surface area contributed by atoms with Crippen LogP contribution in [0.25, 0.3) is 0 Å². The third-order valence-corrected chi connectivity index (χ3v) is 3.57. The first-order chi connectivity index (χ1) is 8.75. The Balaban J connectivity index is 2.06. The fraction of sp³-hybridized carbons (Fsp3) is 0.250. The molecule has 2 heteroatoms. The minimum absolute atomic E-state index is 0.421. The van der Waals surface area contributed by atoms with Crippen molar-refractivity contribution in [1.82, 2.24) is 0 Å². The summed E-state index contributed by atoms with van der Waals surface area (Å²) in [6.45, 7) is 3.11. The van der Waals surface area contributed by atoms with E-state index < -0.39 is 0 Å². The Morgan fingerprint density at radius 2 is 1.83 bits per heavy atom. The van der Waals surface area contributed by atoms with Gasteiger partial charge < -0.3 is 10.0 Å². The van der Waals surface area contributed by atoms with E-state index in [1.807, 2.05) is 6.07 Å². The highest BCUT2D eigenvalue weighted by Crippen LogP contribution is 2.37. The minimum Gasteiger partial charge on any atom is -0.508 e. The average Bonchev–Trinajstić information content (AvgIpc) is 2.40. The molecule has 0 spiro atoms. The van der Waals surface area contributed by atoms with Crippen LogP contribution in [0.3, 0.4) is 0 Å². The molecule has 0 radical (unpaired) electrons. The van der Waals surface area contributed by atoms with Crippen molar-refractivity contribution in [3.8, 4) is 5.75 Å². The zero-order valence-corrected chi connectivity index (χ0v) is 10.6. The molecule has 2 nitrogen and oxygen atoms in total. The summed E-state index contributed by atoms with van der Waals surface area (Å²) in [5.74, 6) is 0.421. The summed E-state index contributed by atoms with van der Waals surface area (Å²) in [5.41, 5.74) is 4.69. The highest BCUT2D eigenvalue weighted by molar-refractivity contribution is 5.70. The molecule has 1 heterocycles. The molecule has 0 aromatic heterocycles. The van der Waals surface area contributed by atoms with Crippen LogP contribution in [0, 0.1) is 6.92 Å². The molecule has 1 aliphatic heterocycles. The number of fused-ring (bicyclic) bond motifs is 1. The maximum absolute atomic E-state index is 9.94. The van der Waals surface area contributed by atoms with Gasteiger partial charge in [-0.05, 0) is 44.0 Å². The Morgan fingerprint density at radius 1 is 1.06 bits per heavy atom. The molecule has 0 saturated heterocycles. The molecule has 2 aromatic rings. The fourth-order valence-electron chi connectivity index (χ4n) is 2.60. The van der Waals surface area contributed by atoms with E-state index in [0.717, 1.165) is 30.6 Å².